The van der Waals surface area contributed by atoms with Crippen molar-refractivity contribution in [2.45, 2.75) is 26.4 Å². The van der Waals surface area contributed by atoms with Gasteiger partial charge < -0.3 is 5.32 Å². The van der Waals surface area contributed by atoms with Crippen LogP contribution in [-0.4, -0.2) is 28.5 Å². The van der Waals surface area contributed by atoms with E-state index in [0.29, 0.717) is 17.9 Å². The van der Waals surface area contributed by atoms with Gasteiger partial charge in [-0.2, -0.15) is 0 Å². The number of nitrogens with zero attached hydrogens (tertiary/aromatic N) is 3. The average molecular weight is 190 g/mol. The average Bonchev–Trinajstić information content (AvgIpc) is 2.36. The Kier molecular flexibility index (Phi) is 3.30. The molecule has 74 valence electrons. The molecule has 0 bridgehead atoms. The van der Waals surface area contributed by atoms with E-state index in [9.17, 15) is 8.78 Å². The third-order valence-corrected chi connectivity index (χ3v) is 1.73. The van der Waals surface area contributed by atoms with E-state index in [1.54, 1.807) is 14.0 Å². The van der Waals surface area contributed by atoms with Crippen molar-refractivity contribution >= 4 is 0 Å². The molecule has 0 aliphatic rings. The molecule has 1 heterocycles. The third kappa shape index (κ3) is 2.45. The molecule has 0 aromatic carbocycles. The van der Waals surface area contributed by atoms with Gasteiger partial charge in [0.2, 0.25) is 0 Å². The number of nitrogens with one attached hydrogen (secondary N) is 1. The van der Waals surface area contributed by atoms with Crippen LogP contribution in [0.5, 0.6) is 0 Å². The Hall–Kier alpha value is -1.04. The van der Waals surface area contributed by atoms with Gasteiger partial charge >= 0.3 is 0 Å². The summed E-state index contributed by atoms with van der Waals surface area (Å²) in [4.78, 5) is 0. The maximum Gasteiger partial charge on any atom is 0.257 e. The molecule has 0 amide bonds. The summed E-state index contributed by atoms with van der Waals surface area (Å²) < 4.78 is 25.2. The Labute approximate surface area is 74.9 Å². The Balaban J connectivity index is 2.74. The summed E-state index contributed by atoms with van der Waals surface area (Å²) in [6.45, 7) is 1.90. The van der Waals surface area contributed by atoms with Crippen LogP contribution in [0.3, 0.4) is 0 Å². The summed E-state index contributed by atoms with van der Waals surface area (Å²) in [5.74, 6) is 0. The number of hydrogen-bond donors (Lipinski definition) is 1. The third-order valence-electron chi connectivity index (χ3n) is 1.73. The quantitative estimate of drug-likeness (QED) is 0.754. The smallest absolute Gasteiger partial charge is 0.257 e. The molecule has 1 N–H and O–H groups in total. The van der Waals surface area contributed by atoms with Crippen LogP contribution >= 0.6 is 0 Å². The van der Waals surface area contributed by atoms with Crippen LogP contribution in [0.15, 0.2) is 0 Å². The molecule has 0 atom stereocenters. The predicted molar refractivity (Wildman–Crippen MR) is 43.5 cm³/mol. The van der Waals surface area contributed by atoms with Gasteiger partial charge in [0, 0.05) is 6.54 Å². The van der Waals surface area contributed by atoms with Crippen molar-refractivity contribution < 1.29 is 8.78 Å². The zero-order valence-corrected chi connectivity index (χ0v) is 7.59. The van der Waals surface area contributed by atoms with Crippen LogP contribution in [0.1, 0.15) is 11.4 Å². The van der Waals surface area contributed by atoms with Gasteiger partial charge in [0.1, 0.15) is 6.54 Å². The molecule has 0 saturated carbocycles. The summed E-state index contributed by atoms with van der Waals surface area (Å²) in [5, 5.41) is 10.3. The number of aromatic nitrogens is 3. The van der Waals surface area contributed by atoms with Gasteiger partial charge in [-0.1, -0.05) is 5.21 Å². The van der Waals surface area contributed by atoms with Gasteiger partial charge in [0.15, 0.2) is 0 Å². The van der Waals surface area contributed by atoms with E-state index >= 15 is 0 Å². The first-order valence-corrected chi connectivity index (χ1v) is 3.97. The Bertz CT molecular complexity index is 271. The summed E-state index contributed by atoms with van der Waals surface area (Å²) >= 11 is 0. The second-order valence-corrected chi connectivity index (χ2v) is 2.73. The second kappa shape index (κ2) is 4.27. The Morgan fingerprint density at radius 2 is 2.23 bits per heavy atom. The molecule has 0 fully saturated rings. The molecule has 6 heteroatoms. The van der Waals surface area contributed by atoms with Crippen LogP contribution in [-0.2, 0) is 13.1 Å². The molecule has 1 rings (SSSR count). The monoisotopic (exact) mass is 190 g/mol. The molecule has 4 nitrogen and oxygen atoms in total. The van der Waals surface area contributed by atoms with E-state index in [4.69, 9.17) is 0 Å². The fraction of sp³-hybridized carbons (Fsp3) is 0.714. The minimum Gasteiger partial charge on any atom is -0.314 e. The molecule has 0 radical (unpaired) electrons. The van der Waals surface area contributed by atoms with Crippen LogP contribution in [0.25, 0.3) is 0 Å². The highest BCUT2D eigenvalue weighted by Gasteiger charge is 2.11. The zero-order chi connectivity index (χ0) is 9.84. The van der Waals surface area contributed by atoms with E-state index in [1.807, 2.05) is 0 Å². The second-order valence-electron chi connectivity index (χ2n) is 2.73. The van der Waals surface area contributed by atoms with Gasteiger partial charge in [0.05, 0.1) is 11.4 Å². The van der Waals surface area contributed by atoms with Crippen molar-refractivity contribution in [2.75, 3.05) is 7.05 Å². The van der Waals surface area contributed by atoms with Gasteiger partial charge in [-0.3, -0.25) is 0 Å². The molecule has 0 aliphatic carbocycles. The number of alkyl halides is 2. The first kappa shape index (κ1) is 10.0. The molecule has 0 saturated heterocycles. The van der Waals surface area contributed by atoms with Gasteiger partial charge in [0.25, 0.3) is 6.43 Å². The van der Waals surface area contributed by atoms with E-state index in [2.05, 4.69) is 15.6 Å². The standard InChI is InChI=1S/C7H12F2N4/c1-5-6(3-10-2)11-12-13(5)4-7(8)9/h7,10H,3-4H2,1-2H3. The zero-order valence-electron chi connectivity index (χ0n) is 7.59. The lowest BCUT2D eigenvalue weighted by atomic mass is 10.3. The topological polar surface area (TPSA) is 42.7 Å². The highest BCUT2D eigenvalue weighted by molar-refractivity contribution is 5.07. The first-order valence-electron chi connectivity index (χ1n) is 3.97. The lowest BCUT2D eigenvalue weighted by Crippen LogP contribution is -2.11. The van der Waals surface area contributed by atoms with Crippen LogP contribution in [0.2, 0.25) is 0 Å². The maximum atomic E-state index is 12.0. The Morgan fingerprint density at radius 3 is 2.77 bits per heavy atom. The molecule has 13 heavy (non-hydrogen) atoms. The van der Waals surface area contributed by atoms with E-state index < -0.39 is 6.43 Å². The normalized spacial score (nSPS) is 11.2. The van der Waals surface area contributed by atoms with Crippen LogP contribution in [0, 0.1) is 6.92 Å². The Morgan fingerprint density at radius 1 is 1.54 bits per heavy atom. The maximum absolute atomic E-state index is 12.0. The first-order chi connectivity index (χ1) is 6.15. The highest BCUT2D eigenvalue weighted by Crippen LogP contribution is 2.05. The van der Waals surface area contributed by atoms with E-state index in [1.165, 1.54) is 4.68 Å². The van der Waals surface area contributed by atoms with E-state index in [-0.39, 0.29) is 6.54 Å². The molecule has 0 aliphatic heterocycles. The molecule has 1 aromatic heterocycles. The van der Waals surface area contributed by atoms with Crippen molar-refractivity contribution in [1.82, 2.24) is 20.3 Å². The van der Waals surface area contributed by atoms with Crippen molar-refractivity contribution in [3.63, 3.8) is 0 Å². The lowest BCUT2D eigenvalue weighted by Gasteiger charge is -2.01. The van der Waals surface area contributed by atoms with Crippen molar-refractivity contribution in [3.05, 3.63) is 11.4 Å². The van der Waals surface area contributed by atoms with Crippen molar-refractivity contribution in [3.8, 4) is 0 Å². The molecule has 0 unspecified atom stereocenters. The molecule has 1 aromatic rings. The van der Waals surface area contributed by atoms with Crippen molar-refractivity contribution in [1.29, 1.82) is 0 Å². The predicted octanol–water partition coefficient (Wildman–Crippen LogP) is 0.571. The SMILES string of the molecule is CNCc1nnn(CC(F)F)c1C. The number of hydrogen-bond acceptors (Lipinski definition) is 3. The lowest BCUT2D eigenvalue weighted by molar-refractivity contribution is 0.120. The summed E-state index contributed by atoms with van der Waals surface area (Å²) in [6, 6.07) is 0. The van der Waals surface area contributed by atoms with E-state index in [0.717, 1.165) is 0 Å². The minimum absolute atomic E-state index is 0.386. The van der Waals surface area contributed by atoms with Crippen molar-refractivity contribution in [2.24, 2.45) is 0 Å². The minimum atomic E-state index is -2.39. The molecular weight excluding hydrogens is 178 g/mol. The van der Waals surface area contributed by atoms with Crippen LogP contribution < -0.4 is 5.32 Å². The number of rotatable bonds is 4. The fourth-order valence-corrected chi connectivity index (χ4v) is 1.03. The van der Waals surface area contributed by atoms with Gasteiger partial charge in [-0.05, 0) is 14.0 Å². The van der Waals surface area contributed by atoms with Gasteiger partial charge in [-0.25, -0.2) is 13.5 Å². The summed E-state index contributed by atoms with van der Waals surface area (Å²) in [6.07, 6.45) is -2.39. The highest BCUT2D eigenvalue weighted by atomic mass is 19.3. The van der Waals surface area contributed by atoms with Crippen LogP contribution in [0.4, 0.5) is 8.78 Å². The number of halogens is 2. The molecular formula is C7H12F2N4. The largest absolute Gasteiger partial charge is 0.314 e. The van der Waals surface area contributed by atoms with Gasteiger partial charge in [-0.15, -0.1) is 5.10 Å². The summed E-state index contributed by atoms with van der Waals surface area (Å²) in [5.41, 5.74) is 1.40. The fourth-order valence-electron chi connectivity index (χ4n) is 1.03. The summed E-state index contributed by atoms with van der Waals surface area (Å²) in [7, 11) is 1.77. The molecule has 0 spiro atoms.